The molecule has 1 fully saturated rings. The first-order valence-corrected chi connectivity index (χ1v) is 10.3. The second-order valence-electron chi connectivity index (χ2n) is 8.71. The monoisotopic (exact) mass is 496 g/mol. The highest BCUT2D eigenvalue weighted by atomic mass is 19.4. The summed E-state index contributed by atoms with van der Waals surface area (Å²) in [7, 11) is 0. The number of nitriles is 2. The summed E-state index contributed by atoms with van der Waals surface area (Å²) in [6.07, 6.45) is -7.60. The molecule has 1 saturated carbocycles. The average Bonchev–Trinajstić information content (AvgIpc) is 2.76. The normalized spacial score (nSPS) is 17.4. The summed E-state index contributed by atoms with van der Waals surface area (Å²) in [5, 5.41) is 20.2. The Bertz CT molecular complexity index is 1170. The third-order valence-electron chi connectivity index (χ3n) is 5.68. The molecule has 0 heterocycles. The van der Waals surface area contributed by atoms with Gasteiger partial charge in [-0.2, -0.15) is 36.9 Å². The second kappa shape index (κ2) is 10.3. The molecule has 2 aromatic rings. The molecule has 3 N–H and O–H groups in total. The highest BCUT2D eigenvalue weighted by Crippen LogP contribution is 2.38. The molecule has 0 bridgehead atoms. The van der Waals surface area contributed by atoms with Crippen LogP contribution in [0.1, 0.15) is 55.4 Å². The fraction of sp³-hybridized carbons (Fsp3) is 0.375. The molecule has 1 atom stereocenters. The van der Waals surface area contributed by atoms with E-state index in [-0.39, 0.29) is 28.6 Å². The number of rotatable bonds is 2. The van der Waals surface area contributed by atoms with E-state index < -0.39 is 34.6 Å². The van der Waals surface area contributed by atoms with Crippen LogP contribution < -0.4 is 11.1 Å². The first kappa shape index (κ1) is 27.5. The number of nitrogen functional groups attached to an aromatic ring is 1. The third kappa shape index (κ3) is 7.12. The molecule has 3 rings (SSSR count). The number of ketones is 1. The lowest BCUT2D eigenvalue weighted by molar-refractivity contribution is -0.138. The standard InChI is InChI=1S/C16H17F3N2O.C8H5F3N2/c1-15(2)6-5-12(22)8-14(15)21-11-4-3-10(9-20)13(7-11)16(17,18)19;9-8(10,11)7-3-6(13)2-1-5(7)4-12/h3-4,7,14,21H,5-6,8H2,1-2H3;1-3H,13H2. The van der Waals surface area contributed by atoms with Gasteiger partial charge in [-0.15, -0.1) is 0 Å². The van der Waals surface area contributed by atoms with E-state index >= 15 is 0 Å². The van der Waals surface area contributed by atoms with Crippen LogP contribution in [-0.4, -0.2) is 11.8 Å². The maximum Gasteiger partial charge on any atom is 0.417 e. The maximum atomic E-state index is 13.0. The summed E-state index contributed by atoms with van der Waals surface area (Å²) in [5.41, 5.74) is 2.49. The molecule has 0 spiro atoms. The van der Waals surface area contributed by atoms with E-state index in [1.165, 1.54) is 18.2 Å². The van der Waals surface area contributed by atoms with Gasteiger partial charge in [0.2, 0.25) is 0 Å². The molecule has 0 aromatic heterocycles. The minimum absolute atomic E-state index is 0.00803. The molecule has 0 amide bonds. The van der Waals surface area contributed by atoms with Crippen LogP contribution in [0.3, 0.4) is 0 Å². The van der Waals surface area contributed by atoms with Crippen molar-refractivity contribution < 1.29 is 31.1 Å². The van der Waals surface area contributed by atoms with E-state index in [9.17, 15) is 31.1 Å². The number of carbonyl (C=O) groups excluding carboxylic acids is 1. The molecule has 2 aromatic carbocycles. The van der Waals surface area contributed by atoms with Gasteiger partial charge in [-0.25, -0.2) is 0 Å². The topological polar surface area (TPSA) is 103 Å². The first-order valence-electron chi connectivity index (χ1n) is 10.3. The lowest BCUT2D eigenvalue weighted by atomic mass is 9.72. The molecule has 186 valence electrons. The number of alkyl halides is 6. The Morgan fingerprint density at radius 1 is 0.943 bits per heavy atom. The zero-order chi connectivity index (χ0) is 26.6. The minimum atomic E-state index is -4.58. The largest absolute Gasteiger partial charge is 0.417 e. The van der Waals surface area contributed by atoms with Crippen molar-refractivity contribution in [3.05, 3.63) is 58.7 Å². The van der Waals surface area contributed by atoms with Crippen molar-refractivity contribution in [2.75, 3.05) is 11.1 Å². The number of hydrogen-bond acceptors (Lipinski definition) is 5. The number of halogens is 6. The Labute approximate surface area is 198 Å². The van der Waals surface area contributed by atoms with Crippen molar-refractivity contribution in [2.24, 2.45) is 5.41 Å². The van der Waals surface area contributed by atoms with Crippen LogP contribution in [0.4, 0.5) is 37.7 Å². The Hall–Kier alpha value is -3.73. The summed E-state index contributed by atoms with van der Waals surface area (Å²) in [6, 6.07) is 9.39. The van der Waals surface area contributed by atoms with Crippen molar-refractivity contribution in [3.8, 4) is 12.1 Å². The number of nitrogens with one attached hydrogen (secondary N) is 1. The average molecular weight is 496 g/mol. The number of Topliss-reactive ketones (excluding diaryl/α,β-unsaturated/α-hetero) is 1. The molecule has 1 unspecified atom stereocenters. The van der Waals surface area contributed by atoms with Crippen molar-refractivity contribution in [1.82, 2.24) is 0 Å². The van der Waals surface area contributed by atoms with E-state index in [0.29, 0.717) is 19.3 Å². The van der Waals surface area contributed by atoms with Crippen molar-refractivity contribution >= 4 is 17.2 Å². The van der Waals surface area contributed by atoms with Crippen LogP contribution in [0.2, 0.25) is 0 Å². The van der Waals surface area contributed by atoms with Crippen LogP contribution in [0.15, 0.2) is 36.4 Å². The molecule has 1 aliphatic carbocycles. The van der Waals surface area contributed by atoms with E-state index in [4.69, 9.17) is 16.3 Å². The second-order valence-corrected chi connectivity index (χ2v) is 8.71. The van der Waals surface area contributed by atoms with Gasteiger partial charge >= 0.3 is 12.4 Å². The summed E-state index contributed by atoms with van der Waals surface area (Å²) in [6.45, 7) is 3.98. The van der Waals surface area contributed by atoms with E-state index in [1.807, 2.05) is 13.8 Å². The van der Waals surface area contributed by atoms with Gasteiger partial charge < -0.3 is 11.1 Å². The Balaban J connectivity index is 0.000000283. The summed E-state index contributed by atoms with van der Waals surface area (Å²) in [4.78, 5) is 11.6. The Morgan fingerprint density at radius 3 is 1.97 bits per heavy atom. The highest BCUT2D eigenvalue weighted by Gasteiger charge is 2.37. The van der Waals surface area contributed by atoms with Crippen LogP contribution in [0.25, 0.3) is 0 Å². The molecular weight excluding hydrogens is 474 g/mol. The SMILES string of the molecule is CC1(C)CCC(=O)CC1Nc1ccc(C#N)c(C(F)(F)F)c1.N#Cc1ccc(N)cc1C(F)(F)F. The fourth-order valence-corrected chi connectivity index (χ4v) is 3.55. The van der Waals surface area contributed by atoms with Crippen LogP contribution in [0, 0.1) is 28.1 Å². The predicted octanol–water partition coefficient (Wildman–Crippen LogP) is 6.30. The lowest BCUT2D eigenvalue weighted by Crippen LogP contribution is -2.42. The van der Waals surface area contributed by atoms with Gasteiger partial charge in [-0.1, -0.05) is 13.8 Å². The summed E-state index contributed by atoms with van der Waals surface area (Å²) >= 11 is 0. The molecule has 0 aliphatic heterocycles. The van der Waals surface area contributed by atoms with Crippen molar-refractivity contribution in [2.45, 2.75) is 51.5 Å². The first-order chi connectivity index (χ1) is 16.1. The van der Waals surface area contributed by atoms with Gasteiger partial charge in [0.15, 0.2) is 0 Å². The highest BCUT2D eigenvalue weighted by molar-refractivity contribution is 5.80. The molecule has 11 heteroatoms. The van der Waals surface area contributed by atoms with Crippen molar-refractivity contribution in [1.29, 1.82) is 10.5 Å². The van der Waals surface area contributed by atoms with E-state index in [2.05, 4.69) is 5.32 Å². The van der Waals surface area contributed by atoms with Gasteiger partial charge in [-0.3, -0.25) is 4.79 Å². The maximum absolute atomic E-state index is 13.0. The molecule has 1 aliphatic rings. The predicted molar refractivity (Wildman–Crippen MR) is 117 cm³/mol. The van der Waals surface area contributed by atoms with Gasteiger partial charge in [0.1, 0.15) is 5.78 Å². The number of nitrogens with two attached hydrogens (primary N) is 1. The fourth-order valence-electron chi connectivity index (χ4n) is 3.55. The van der Waals surface area contributed by atoms with E-state index in [0.717, 1.165) is 24.3 Å². The lowest BCUT2D eigenvalue weighted by Gasteiger charge is -2.39. The number of carbonyl (C=O) groups is 1. The Kier molecular flexibility index (Phi) is 8.07. The van der Waals surface area contributed by atoms with Crippen LogP contribution in [0.5, 0.6) is 0 Å². The third-order valence-corrected chi connectivity index (χ3v) is 5.68. The van der Waals surface area contributed by atoms with Gasteiger partial charge in [0.25, 0.3) is 0 Å². The minimum Gasteiger partial charge on any atom is -0.399 e. The number of benzene rings is 2. The van der Waals surface area contributed by atoms with Crippen LogP contribution >= 0.6 is 0 Å². The van der Waals surface area contributed by atoms with Gasteiger partial charge in [0.05, 0.1) is 34.4 Å². The number of hydrogen-bond donors (Lipinski definition) is 2. The number of nitrogens with zero attached hydrogens (tertiary/aromatic N) is 2. The van der Waals surface area contributed by atoms with Gasteiger partial charge in [0, 0.05) is 30.3 Å². The number of anilines is 2. The van der Waals surface area contributed by atoms with E-state index in [1.54, 1.807) is 6.07 Å². The van der Waals surface area contributed by atoms with Crippen molar-refractivity contribution in [3.63, 3.8) is 0 Å². The van der Waals surface area contributed by atoms with Crippen LogP contribution in [-0.2, 0) is 17.1 Å². The molecule has 0 saturated heterocycles. The smallest absolute Gasteiger partial charge is 0.399 e. The summed E-state index contributed by atoms with van der Waals surface area (Å²) in [5.74, 6) is 0.113. The zero-order valence-corrected chi connectivity index (χ0v) is 18.8. The summed E-state index contributed by atoms with van der Waals surface area (Å²) < 4.78 is 75.6. The quantitative estimate of drug-likeness (QED) is 0.375. The molecule has 5 nitrogen and oxygen atoms in total. The molecule has 0 radical (unpaired) electrons. The Morgan fingerprint density at radius 2 is 1.46 bits per heavy atom. The molecule has 35 heavy (non-hydrogen) atoms. The van der Waals surface area contributed by atoms with Gasteiger partial charge in [-0.05, 0) is 48.2 Å². The molecular formula is C24H22F6N4O. The zero-order valence-electron chi connectivity index (χ0n) is 18.8.